The minimum absolute atomic E-state index is 0.185. The van der Waals surface area contributed by atoms with Gasteiger partial charge >= 0.3 is 11.9 Å². The first-order valence-corrected chi connectivity index (χ1v) is 8.11. The minimum atomic E-state index is -1.47. The molecule has 0 aromatic heterocycles. The SMILES string of the molecule is CCCCC(CC)OC(=O)C(CCC)(C(=O)O)C(C)(C)C. The molecular weight excluding hydrogens is 268 g/mol. The first-order chi connectivity index (χ1) is 9.67. The number of aliphatic carboxylic acids is 1. The Morgan fingerprint density at radius 3 is 2.00 bits per heavy atom. The third kappa shape index (κ3) is 4.72. The molecule has 0 amide bonds. The highest BCUT2D eigenvalue weighted by Gasteiger charge is 2.56. The fourth-order valence-corrected chi connectivity index (χ4v) is 2.70. The van der Waals surface area contributed by atoms with Crippen LogP contribution in [0, 0.1) is 10.8 Å². The zero-order valence-corrected chi connectivity index (χ0v) is 14.5. The molecule has 2 unspecified atom stereocenters. The lowest BCUT2D eigenvalue weighted by Crippen LogP contribution is -2.51. The van der Waals surface area contributed by atoms with Crippen LogP contribution in [-0.4, -0.2) is 23.1 Å². The Morgan fingerprint density at radius 2 is 1.67 bits per heavy atom. The van der Waals surface area contributed by atoms with Crippen LogP contribution >= 0.6 is 0 Å². The van der Waals surface area contributed by atoms with E-state index in [2.05, 4.69) is 6.92 Å². The summed E-state index contributed by atoms with van der Waals surface area (Å²) >= 11 is 0. The molecule has 124 valence electrons. The fourth-order valence-electron chi connectivity index (χ4n) is 2.70. The van der Waals surface area contributed by atoms with Gasteiger partial charge in [-0.15, -0.1) is 0 Å². The lowest BCUT2D eigenvalue weighted by molar-refractivity contribution is -0.183. The molecule has 0 bridgehead atoms. The quantitative estimate of drug-likeness (QED) is 0.506. The molecule has 0 spiro atoms. The van der Waals surface area contributed by atoms with Gasteiger partial charge in [-0.3, -0.25) is 9.59 Å². The van der Waals surface area contributed by atoms with E-state index in [1.165, 1.54) is 0 Å². The van der Waals surface area contributed by atoms with Crippen LogP contribution in [0.4, 0.5) is 0 Å². The van der Waals surface area contributed by atoms with E-state index in [1.807, 2.05) is 13.8 Å². The van der Waals surface area contributed by atoms with Gasteiger partial charge in [-0.2, -0.15) is 0 Å². The van der Waals surface area contributed by atoms with Crippen LogP contribution in [0.5, 0.6) is 0 Å². The predicted octanol–water partition coefficient (Wildman–Crippen LogP) is 4.42. The van der Waals surface area contributed by atoms with Gasteiger partial charge in [0, 0.05) is 0 Å². The third-order valence-electron chi connectivity index (χ3n) is 4.23. The molecule has 0 radical (unpaired) electrons. The van der Waals surface area contributed by atoms with Gasteiger partial charge < -0.3 is 9.84 Å². The molecule has 0 aliphatic heterocycles. The second-order valence-corrected chi connectivity index (χ2v) is 6.79. The van der Waals surface area contributed by atoms with E-state index in [0.29, 0.717) is 12.8 Å². The van der Waals surface area contributed by atoms with Crippen LogP contribution in [-0.2, 0) is 14.3 Å². The molecular formula is C17H32O4. The summed E-state index contributed by atoms with van der Waals surface area (Å²) in [6.07, 6.45) is 4.28. The standard InChI is InChI=1S/C17H32O4/c1-7-10-11-13(9-3)21-15(20)17(12-8-2,14(18)19)16(4,5)6/h13H,7-12H2,1-6H3,(H,18,19). The monoisotopic (exact) mass is 300 g/mol. The molecule has 0 saturated heterocycles. The van der Waals surface area contributed by atoms with Gasteiger partial charge in [-0.1, -0.05) is 60.8 Å². The second-order valence-electron chi connectivity index (χ2n) is 6.79. The number of carboxylic acids is 1. The molecule has 0 aromatic rings. The molecule has 1 N–H and O–H groups in total. The molecule has 21 heavy (non-hydrogen) atoms. The Kier molecular flexibility index (Phi) is 7.98. The summed E-state index contributed by atoms with van der Waals surface area (Å²) in [5.74, 6) is -1.65. The van der Waals surface area contributed by atoms with Gasteiger partial charge in [0.25, 0.3) is 0 Å². The van der Waals surface area contributed by atoms with E-state index >= 15 is 0 Å². The van der Waals surface area contributed by atoms with Crippen LogP contribution < -0.4 is 0 Å². The number of ether oxygens (including phenoxy) is 1. The van der Waals surface area contributed by atoms with E-state index in [9.17, 15) is 14.7 Å². The van der Waals surface area contributed by atoms with Crippen molar-refractivity contribution in [1.82, 2.24) is 0 Å². The number of hydrogen-bond donors (Lipinski definition) is 1. The molecule has 0 aliphatic carbocycles. The van der Waals surface area contributed by atoms with E-state index in [-0.39, 0.29) is 6.10 Å². The number of carbonyl (C=O) groups excluding carboxylic acids is 1. The predicted molar refractivity (Wildman–Crippen MR) is 84.1 cm³/mol. The zero-order chi connectivity index (χ0) is 16.7. The van der Waals surface area contributed by atoms with E-state index in [0.717, 1.165) is 25.7 Å². The number of carboxylic acid groups (broad SMARTS) is 1. The van der Waals surface area contributed by atoms with Crippen LogP contribution in [0.25, 0.3) is 0 Å². The number of rotatable bonds is 9. The second kappa shape index (κ2) is 8.40. The summed E-state index contributed by atoms with van der Waals surface area (Å²) in [7, 11) is 0. The molecule has 4 heteroatoms. The van der Waals surface area contributed by atoms with Gasteiger partial charge in [-0.05, 0) is 24.7 Å². The summed E-state index contributed by atoms with van der Waals surface area (Å²) in [5.41, 5.74) is -2.16. The highest BCUT2D eigenvalue weighted by Crippen LogP contribution is 2.44. The van der Waals surface area contributed by atoms with Crippen molar-refractivity contribution in [3.8, 4) is 0 Å². The first-order valence-electron chi connectivity index (χ1n) is 8.11. The molecule has 2 atom stereocenters. The molecule has 0 fully saturated rings. The smallest absolute Gasteiger partial charge is 0.324 e. The summed E-state index contributed by atoms with van der Waals surface area (Å²) < 4.78 is 5.59. The Labute approximate surface area is 129 Å². The maximum Gasteiger partial charge on any atom is 0.324 e. The van der Waals surface area contributed by atoms with Crippen molar-refractivity contribution in [3.05, 3.63) is 0 Å². The molecule has 0 aliphatic rings. The zero-order valence-electron chi connectivity index (χ0n) is 14.5. The molecule has 0 heterocycles. The minimum Gasteiger partial charge on any atom is -0.480 e. The highest BCUT2D eigenvalue weighted by molar-refractivity contribution is 6.00. The lowest BCUT2D eigenvalue weighted by atomic mass is 9.64. The van der Waals surface area contributed by atoms with E-state index in [4.69, 9.17) is 4.74 Å². The highest BCUT2D eigenvalue weighted by atomic mass is 16.5. The summed E-state index contributed by atoms with van der Waals surface area (Å²) in [5, 5.41) is 9.72. The Bertz CT molecular complexity index is 343. The van der Waals surface area contributed by atoms with Crippen molar-refractivity contribution in [2.24, 2.45) is 10.8 Å². The van der Waals surface area contributed by atoms with E-state index in [1.54, 1.807) is 20.8 Å². The number of hydrogen-bond acceptors (Lipinski definition) is 3. The van der Waals surface area contributed by atoms with Gasteiger partial charge in [0.2, 0.25) is 0 Å². The Morgan fingerprint density at radius 1 is 1.10 bits per heavy atom. The molecule has 4 nitrogen and oxygen atoms in total. The lowest BCUT2D eigenvalue weighted by Gasteiger charge is -2.39. The van der Waals surface area contributed by atoms with Crippen molar-refractivity contribution in [2.45, 2.75) is 86.2 Å². The van der Waals surface area contributed by atoms with Crippen LogP contribution in [0.1, 0.15) is 80.1 Å². The molecule has 0 saturated carbocycles. The van der Waals surface area contributed by atoms with Crippen molar-refractivity contribution >= 4 is 11.9 Å². The third-order valence-corrected chi connectivity index (χ3v) is 4.23. The fraction of sp³-hybridized carbons (Fsp3) is 0.882. The average Bonchev–Trinajstić information content (AvgIpc) is 2.38. The van der Waals surface area contributed by atoms with E-state index < -0.39 is 22.8 Å². The van der Waals surface area contributed by atoms with Crippen molar-refractivity contribution in [1.29, 1.82) is 0 Å². The normalized spacial score (nSPS) is 16.1. The largest absolute Gasteiger partial charge is 0.480 e. The molecule has 0 rings (SSSR count). The number of unbranched alkanes of at least 4 members (excludes halogenated alkanes) is 1. The van der Waals surface area contributed by atoms with Gasteiger partial charge in [-0.25, -0.2) is 0 Å². The molecule has 0 aromatic carbocycles. The maximum atomic E-state index is 12.7. The Hall–Kier alpha value is -1.06. The summed E-state index contributed by atoms with van der Waals surface area (Å²) in [4.78, 5) is 24.6. The van der Waals surface area contributed by atoms with Crippen LogP contribution in [0.3, 0.4) is 0 Å². The first kappa shape index (κ1) is 19.9. The van der Waals surface area contributed by atoms with Gasteiger partial charge in [0.1, 0.15) is 6.10 Å². The topological polar surface area (TPSA) is 63.6 Å². The van der Waals surface area contributed by atoms with Crippen molar-refractivity contribution in [2.75, 3.05) is 0 Å². The average molecular weight is 300 g/mol. The summed E-state index contributed by atoms with van der Waals surface area (Å²) in [6.45, 7) is 11.3. The van der Waals surface area contributed by atoms with Crippen molar-refractivity contribution < 1.29 is 19.4 Å². The number of carbonyl (C=O) groups is 2. The van der Waals surface area contributed by atoms with Crippen LogP contribution in [0.2, 0.25) is 0 Å². The maximum absolute atomic E-state index is 12.7. The number of esters is 1. The summed E-state index contributed by atoms with van der Waals surface area (Å²) in [6, 6.07) is 0. The van der Waals surface area contributed by atoms with Gasteiger partial charge in [0.05, 0.1) is 0 Å². The van der Waals surface area contributed by atoms with Gasteiger partial charge in [0.15, 0.2) is 5.41 Å². The van der Waals surface area contributed by atoms with Crippen molar-refractivity contribution in [3.63, 3.8) is 0 Å². The Balaban J connectivity index is 5.33. The van der Waals surface area contributed by atoms with Crippen LogP contribution in [0.15, 0.2) is 0 Å².